The maximum Gasteiger partial charge on any atom is 0 e. The molecule has 2 heteroatoms. The molecule has 0 heterocycles. The second-order valence-corrected chi connectivity index (χ2v) is 1.27. The van der Waals surface area contributed by atoms with E-state index in [9.17, 15) is 0 Å². The van der Waals surface area contributed by atoms with E-state index in [1.807, 2.05) is 0 Å². The van der Waals surface area contributed by atoms with E-state index in [2.05, 4.69) is 13.3 Å². The summed E-state index contributed by atoms with van der Waals surface area (Å²) in [4.78, 5) is 0. The molecule has 0 atom stereocenters. The zero-order valence-electron chi connectivity index (χ0n) is 4.78. The van der Waals surface area contributed by atoms with Crippen LogP contribution in [0.1, 0.15) is 19.8 Å². The quantitative estimate of drug-likeness (QED) is 0.607. The second-order valence-electron chi connectivity index (χ2n) is 1.27. The summed E-state index contributed by atoms with van der Waals surface area (Å²) in [6.45, 7) is 2.92. The van der Waals surface area contributed by atoms with Gasteiger partial charge in [-0.3, -0.25) is 0 Å². The van der Waals surface area contributed by atoms with Gasteiger partial charge in [-0.1, -0.05) is 6.92 Å². The Kier molecular flexibility index (Phi) is 15.7. The summed E-state index contributed by atoms with van der Waals surface area (Å²) in [5.41, 5.74) is 5.18. The molecule has 0 aromatic rings. The first kappa shape index (κ1) is 10.9. The van der Waals surface area contributed by atoms with E-state index >= 15 is 0 Å². The van der Waals surface area contributed by atoms with Crippen molar-refractivity contribution in [1.29, 1.82) is 0 Å². The monoisotopic (exact) mass is 324 g/mol. The topological polar surface area (TPSA) is 26.0 Å². The zero-order valence-corrected chi connectivity index (χ0v) is 8.94. The van der Waals surface area contributed by atoms with Gasteiger partial charge in [-0.15, -0.1) is 0 Å². The molecule has 0 saturated heterocycles. The fraction of sp³-hybridized carbons (Fsp3) is 0.800. The number of unbranched alkanes of at least 4 members (excludes halogenated alkanes) is 2. The van der Waals surface area contributed by atoms with Gasteiger partial charge in [0.2, 0.25) is 0 Å². The van der Waals surface area contributed by atoms with Crippen LogP contribution in [0.2, 0.25) is 0 Å². The SMILES string of the molecule is CC[CH-]CCN.[U]. The van der Waals surface area contributed by atoms with Gasteiger partial charge in [0.25, 0.3) is 0 Å². The molecule has 0 saturated carbocycles. The van der Waals surface area contributed by atoms with Crippen LogP contribution in [0.5, 0.6) is 0 Å². The third kappa shape index (κ3) is 10.9. The normalized spacial score (nSPS) is 7.71. The summed E-state index contributed by atoms with van der Waals surface area (Å²) in [6, 6.07) is 0. The minimum Gasteiger partial charge on any atom is -0.333 e. The van der Waals surface area contributed by atoms with Crippen LogP contribution in [0.4, 0.5) is 0 Å². The Morgan fingerprint density at radius 2 is 2.14 bits per heavy atom. The first-order valence-corrected chi connectivity index (χ1v) is 2.43. The van der Waals surface area contributed by atoms with E-state index in [0.717, 1.165) is 19.4 Å². The van der Waals surface area contributed by atoms with E-state index in [1.165, 1.54) is 0 Å². The van der Waals surface area contributed by atoms with E-state index in [4.69, 9.17) is 5.73 Å². The summed E-state index contributed by atoms with van der Waals surface area (Å²) in [6.07, 6.45) is 4.40. The molecule has 0 fully saturated rings. The predicted octanol–water partition coefficient (Wildman–Crippen LogP) is 0.949. The molecular formula is C5H12NU-. The van der Waals surface area contributed by atoms with Crippen LogP contribution in [-0.2, 0) is 0 Å². The van der Waals surface area contributed by atoms with E-state index in [1.54, 1.807) is 0 Å². The minimum atomic E-state index is 0. The average Bonchev–Trinajstić information content (AvgIpc) is 1.61. The van der Waals surface area contributed by atoms with Gasteiger partial charge >= 0.3 is 0 Å². The summed E-state index contributed by atoms with van der Waals surface area (Å²) >= 11 is 0. The van der Waals surface area contributed by atoms with Crippen LogP contribution in [0, 0.1) is 37.5 Å². The largest absolute Gasteiger partial charge is 0.333 e. The number of hydrogen-bond acceptors (Lipinski definition) is 1. The van der Waals surface area contributed by atoms with Gasteiger partial charge in [-0.2, -0.15) is 12.8 Å². The standard InChI is InChI=1S/C5H12N.U/c1-2-3-4-5-6;/h3H,2,4-6H2,1H3;/q-1;. The van der Waals surface area contributed by atoms with Crippen molar-refractivity contribution in [1.82, 2.24) is 0 Å². The Balaban J connectivity index is 0. The van der Waals surface area contributed by atoms with Gasteiger partial charge < -0.3 is 12.2 Å². The van der Waals surface area contributed by atoms with Gasteiger partial charge in [0, 0.05) is 31.1 Å². The van der Waals surface area contributed by atoms with Crippen molar-refractivity contribution in [2.75, 3.05) is 6.54 Å². The molecule has 0 bridgehead atoms. The van der Waals surface area contributed by atoms with Crippen molar-refractivity contribution in [3.05, 3.63) is 6.42 Å². The van der Waals surface area contributed by atoms with Crippen LogP contribution in [0.15, 0.2) is 0 Å². The van der Waals surface area contributed by atoms with Crippen molar-refractivity contribution in [3.63, 3.8) is 0 Å². The van der Waals surface area contributed by atoms with Crippen molar-refractivity contribution in [3.8, 4) is 0 Å². The molecule has 0 amide bonds. The Morgan fingerprint density at radius 1 is 1.57 bits per heavy atom. The van der Waals surface area contributed by atoms with E-state index < -0.39 is 0 Å². The van der Waals surface area contributed by atoms with Crippen LogP contribution >= 0.6 is 0 Å². The van der Waals surface area contributed by atoms with Crippen molar-refractivity contribution >= 4 is 0 Å². The van der Waals surface area contributed by atoms with Crippen molar-refractivity contribution in [2.24, 2.45) is 5.73 Å². The molecule has 0 aromatic carbocycles. The Morgan fingerprint density at radius 3 is 2.29 bits per heavy atom. The van der Waals surface area contributed by atoms with Gasteiger partial charge in [0.1, 0.15) is 0 Å². The Labute approximate surface area is 69.4 Å². The molecule has 7 heavy (non-hydrogen) atoms. The van der Waals surface area contributed by atoms with Crippen molar-refractivity contribution in [2.45, 2.75) is 19.8 Å². The second kappa shape index (κ2) is 10.1. The predicted molar refractivity (Wildman–Crippen MR) is 28.3 cm³/mol. The van der Waals surface area contributed by atoms with Crippen LogP contribution in [0.25, 0.3) is 0 Å². The average molecular weight is 324 g/mol. The molecule has 0 radical (unpaired) electrons. The van der Waals surface area contributed by atoms with Gasteiger partial charge in [0.15, 0.2) is 0 Å². The van der Waals surface area contributed by atoms with Gasteiger partial charge in [-0.25, -0.2) is 0 Å². The molecule has 1 nitrogen and oxygen atoms in total. The third-order valence-electron chi connectivity index (χ3n) is 0.659. The molecule has 2 N–H and O–H groups in total. The first-order chi connectivity index (χ1) is 2.91. The molecule has 0 unspecified atom stereocenters. The van der Waals surface area contributed by atoms with E-state index in [-0.39, 0.29) is 31.1 Å². The molecular weight excluding hydrogens is 312 g/mol. The van der Waals surface area contributed by atoms with Crippen molar-refractivity contribution < 1.29 is 31.1 Å². The van der Waals surface area contributed by atoms with Gasteiger partial charge in [0.05, 0.1) is 0 Å². The molecule has 0 aliphatic carbocycles. The van der Waals surface area contributed by atoms with Crippen LogP contribution in [0.3, 0.4) is 0 Å². The molecule has 0 rings (SSSR count). The maximum atomic E-state index is 5.18. The summed E-state index contributed by atoms with van der Waals surface area (Å²) in [7, 11) is 0. The van der Waals surface area contributed by atoms with Crippen LogP contribution in [-0.4, -0.2) is 6.54 Å². The van der Waals surface area contributed by atoms with E-state index in [0.29, 0.717) is 0 Å². The smallest absolute Gasteiger partial charge is 0 e. The zero-order chi connectivity index (χ0) is 4.83. The molecule has 0 spiro atoms. The third-order valence-corrected chi connectivity index (χ3v) is 0.659. The number of hydrogen-bond donors (Lipinski definition) is 1. The van der Waals surface area contributed by atoms with Gasteiger partial charge in [-0.05, 0) is 6.54 Å². The first-order valence-electron chi connectivity index (χ1n) is 2.43. The fourth-order valence-corrected chi connectivity index (χ4v) is 0.322. The fourth-order valence-electron chi connectivity index (χ4n) is 0.322. The summed E-state index contributed by atoms with van der Waals surface area (Å²) in [5.74, 6) is 0. The molecule has 0 aromatic heterocycles. The summed E-state index contributed by atoms with van der Waals surface area (Å²) in [5, 5.41) is 0. The Hall–Kier alpha value is 1.01. The number of rotatable bonds is 3. The minimum absolute atomic E-state index is 0. The van der Waals surface area contributed by atoms with Crippen LogP contribution < -0.4 is 5.73 Å². The molecule has 42 valence electrons. The number of nitrogens with two attached hydrogens (primary N) is 1. The molecule has 0 aliphatic heterocycles. The summed E-state index contributed by atoms with van der Waals surface area (Å²) < 4.78 is 0. The Bertz CT molecular complexity index is 20.0. The molecule has 0 aliphatic rings. The maximum absolute atomic E-state index is 5.18.